The van der Waals surface area contributed by atoms with Gasteiger partial charge in [0.1, 0.15) is 0 Å². The Hall–Kier alpha value is -1.39. The fourth-order valence-electron chi connectivity index (χ4n) is 1.18. The van der Waals surface area contributed by atoms with Crippen LogP contribution in [0, 0.1) is 6.92 Å². The number of aromatic hydroxyl groups is 1. The molecule has 0 saturated heterocycles. The van der Waals surface area contributed by atoms with Gasteiger partial charge < -0.3 is 9.84 Å². The summed E-state index contributed by atoms with van der Waals surface area (Å²) < 4.78 is 41.4. The molecule has 0 atom stereocenters. The van der Waals surface area contributed by atoms with Crippen LogP contribution in [0.2, 0.25) is 0 Å². The van der Waals surface area contributed by atoms with Crippen molar-refractivity contribution >= 4 is 0 Å². The molecule has 0 saturated carbocycles. The van der Waals surface area contributed by atoms with Gasteiger partial charge in [-0.1, -0.05) is 13.8 Å². The summed E-state index contributed by atoms with van der Waals surface area (Å²) in [6, 6.07) is 1.57. The Morgan fingerprint density at radius 1 is 1.19 bits per heavy atom. The lowest BCUT2D eigenvalue weighted by Gasteiger charge is -2.11. The molecule has 0 fully saturated rings. The summed E-state index contributed by atoms with van der Waals surface area (Å²) in [6.07, 6.45) is -4.45. The summed E-state index contributed by atoms with van der Waals surface area (Å²) >= 11 is 0. The fraction of sp³-hybridized carbons (Fsp3) is 0.455. The van der Waals surface area contributed by atoms with Crippen molar-refractivity contribution in [3.05, 3.63) is 23.3 Å². The monoisotopic (exact) mass is 236 g/mol. The van der Waals surface area contributed by atoms with Gasteiger partial charge in [-0.2, -0.15) is 13.2 Å². The summed E-state index contributed by atoms with van der Waals surface area (Å²) in [5, 5.41) is 9.21. The summed E-state index contributed by atoms with van der Waals surface area (Å²) in [5.41, 5.74) is -0.631. The van der Waals surface area contributed by atoms with Crippen LogP contribution in [-0.4, -0.2) is 12.2 Å². The molecular weight excluding hydrogens is 221 g/mol. The molecule has 1 aromatic carbocycles. The van der Waals surface area contributed by atoms with Gasteiger partial charge in [0, 0.05) is 0 Å². The number of hydrogen-bond donors (Lipinski definition) is 1. The van der Waals surface area contributed by atoms with E-state index in [9.17, 15) is 18.3 Å². The van der Waals surface area contributed by atoms with Crippen molar-refractivity contribution in [3.63, 3.8) is 0 Å². The highest BCUT2D eigenvalue weighted by atomic mass is 19.4. The highest BCUT2D eigenvalue weighted by Gasteiger charge is 2.31. The van der Waals surface area contributed by atoms with Crippen molar-refractivity contribution < 1.29 is 23.0 Å². The van der Waals surface area contributed by atoms with Gasteiger partial charge in [0.2, 0.25) is 0 Å². The molecule has 0 unspecified atom stereocenters. The minimum atomic E-state index is -4.45. The molecular formula is C11H15F3O2. The second kappa shape index (κ2) is 5.63. The largest absolute Gasteiger partial charge is 0.504 e. The van der Waals surface area contributed by atoms with E-state index >= 15 is 0 Å². The van der Waals surface area contributed by atoms with Crippen LogP contribution in [0.15, 0.2) is 12.1 Å². The number of alkyl halides is 3. The number of phenols is 1. The first-order chi connectivity index (χ1) is 7.36. The number of ether oxygens (including phenoxy) is 1. The molecule has 1 rings (SSSR count). The van der Waals surface area contributed by atoms with Gasteiger partial charge in [-0.3, -0.25) is 0 Å². The normalized spacial score (nSPS) is 10.4. The van der Waals surface area contributed by atoms with Crippen LogP contribution < -0.4 is 4.74 Å². The summed E-state index contributed by atoms with van der Waals surface area (Å²) in [5.74, 6) is -0.433. The maximum Gasteiger partial charge on any atom is 0.416 e. The average molecular weight is 236 g/mol. The van der Waals surface area contributed by atoms with Crippen LogP contribution in [0.5, 0.6) is 11.5 Å². The van der Waals surface area contributed by atoms with Gasteiger partial charge in [-0.15, -0.1) is 0 Å². The predicted molar refractivity (Wildman–Crippen MR) is 55.7 cm³/mol. The lowest BCUT2D eigenvalue weighted by Crippen LogP contribution is -2.05. The maximum absolute atomic E-state index is 12.2. The van der Waals surface area contributed by atoms with Gasteiger partial charge in [0.05, 0.1) is 12.7 Å². The van der Waals surface area contributed by atoms with Gasteiger partial charge in [-0.05, 0) is 24.6 Å². The van der Waals surface area contributed by atoms with E-state index in [0.717, 1.165) is 6.07 Å². The number of methoxy groups -OCH3 is 1. The molecule has 0 aliphatic heterocycles. The van der Waals surface area contributed by atoms with Crippen molar-refractivity contribution in [2.24, 2.45) is 0 Å². The quantitative estimate of drug-likeness (QED) is 0.804. The second-order valence-corrected chi connectivity index (χ2v) is 2.84. The zero-order valence-corrected chi connectivity index (χ0v) is 9.64. The predicted octanol–water partition coefficient (Wildman–Crippen LogP) is 3.75. The Bertz CT molecular complexity index is 323. The highest BCUT2D eigenvalue weighted by Crippen LogP contribution is 2.37. The highest BCUT2D eigenvalue weighted by molar-refractivity contribution is 5.48. The maximum atomic E-state index is 12.2. The molecule has 0 amide bonds. The standard InChI is InChI=1S/C9H9F3O2.C2H6/c1-5-3-6(9(10,11)12)4-7(13)8(5)14-2;1-2/h3-4,13H,1-2H3;1-2H3. The third kappa shape index (κ3) is 3.32. The van der Waals surface area contributed by atoms with Crippen LogP contribution >= 0.6 is 0 Å². The Morgan fingerprint density at radius 2 is 1.69 bits per heavy atom. The number of benzene rings is 1. The first-order valence-electron chi connectivity index (χ1n) is 4.81. The Kier molecular flexibility index (Phi) is 5.14. The van der Waals surface area contributed by atoms with E-state index in [1.165, 1.54) is 14.0 Å². The van der Waals surface area contributed by atoms with Gasteiger partial charge >= 0.3 is 6.18 Å². The smallest absolute Gasteiger partial charge is 0.416 e. The first-order valence-corrected chi connectivity index (χ1v) is 4.81. The summed E-state index contributed by atoms with van der Waals surface area (Å²) in [4.78, 5) is 0. The van der Waals surface area contributed by atoms with Crippen LogP contribution in [0.4, 0.5) is 13.2 Å². The molecule has 0 heterocycles. The number of halogens is 3. The van der Waals surface area contributed by atoms with Crippen molar-refractivity contribution in [1.82, 2.24) is 0 Å². The van der Waals surface area contributed by atoms with Crippen molar-refractivity contribution in [2.45, 2.75) is 26.9 Å². The molecule has 0 aliphatic rings. The van der Waals surface area contributed by atoms with E-state index in [0.29, 0.717) is 6.07 Å². The van der Waals surface area contributed by atoms with E-state index < -0.39 is 17.5 Å². The lowest BCUT2D eigenvalue weighted by molar-refractivity contribution is -0.137. The Balaban J connectivity index is 0.00000106. The Labute approximate surface area is 92.7 Å². The number of rotatable bonds is 1. The molecule has 16 heavy (non-hydrogen) atoms. The van der Waals surface area contributed by atoms with E-state index in [2.05, 4.69) is 0 Å². The minimum absolute atomic E-state index is 0.0676. The summed E-state index contributed by atoms with van der Waals surface area (Å²) in [6.45, 7) is 5.44. The van der Waals surface area contributed by atoms with E-state index in [4.69, 9.17) is 4.74 Å². The van der Waals surface area contributed by atoms with Gasteiger partial charge in [0.25, 0.3) is 0 Å². The first kappa shape index (κ1) is 14.6. The SMILES string of the molecule is CC.COc1c(C)cc(C(F)(F)F)cc1O. The van der Waals surface area contributed by atoms with E-state index in [1.807, 2.05) is 13.8 Å². The van der Waals surface area contributed by atoms with E-state index in [-0.39, 0.29) is 11.3 Å². The van der Waals surface area contributed by atoms with Crippen molar-refractivity contribution in [3.8, 4) is 11.5 Å². The Morgan fingerprint density at radius 3 is 2.00 bits per heavy atom. The zero-order valence-electron chi connectivity index (χ0n) is 9.64. The molecule has 1 N–H and O–H groups in total. The summed E-state index contributed by atoms with van der Waals surface area (Å²) in [7, 11) is 1.29. The fourth-order valence-corrected chi connectivity index (χ4v) is 1.18. The molecule has 0 bridgehead atoms. The number of phenolic OH excluding ortho intramolecular Hbond substituents is 1. The molecule has 5 heteroatoms. The zero-order chi connectivity index (χ0) is 12.9. The van der Waals surface area contributed by atoms with Crippen LogP contribution in [0.3, 0.4) is 0 Å². The molecule has 0 aliphatic carbocycles. The van der Waals surface area contributed by atoms with E-state index in [1.54, 1.807) is 0 Å². The van der Waals surface area contributed by atoms with Gasteiger partial charge in [-0.25, -0.2) is 0 Å². The molecule has 92 valence electrons. The number of hydrogen-bond acceptors (Lipinski definition) is 2. The third-order valence-electron chi connectivity index (χ3n) is 1.79. The lowest BCUT2D eigenvalue weighted by atomic mass is 10.1. The van der Waals surface area contributed by atoms with Crippen LogP contribution in [0.1, 0.15) is 25.0 Å². The molecule has 0 spiro atoms. The minimum Gasteiger partial charge on any atom is -0.504 e. The topological polar surface area (TPSA) is 29.5 Å². The molecule has 2 nitrogen and oxygen atoms in total. The second-order valence-electron chi connectivity index (χ2n) is 2.84. The molecule has 0 aromatic heterocycles. The van der Waals surface area contributed by atoms with Crippen LogP contribution in [0.25, 0.3) is 0 Å². The third-order valence-corrected chi connectivity index (χ3v) is 1.79. The average Bonchev–Trinajstić information content (AvgIpc) is 2.19. The van der Waals surface area contributed by atoms with Crippen molar-refractivity contribution in [1.29, 1.82) is 0 Å². The van der Waals surface area contributed by atoms with Gasteiger partial charge in [0.15, 0.2) is 11.5 Å². The van der Waals surface area contributed by atoms with Crippen molar-refractivity contribution in [2.75, 3.05) is 7.11 Å². The number of aryl methyl sites for hydroxylation is 1. The molecule has 0 radical (unpaired) electrons. The van der Waals surface area contributed by atoms with Crippen LogP contribution in [-0.2, 0) is 6.18 Å². The molecule has 1 aromatic rings.